The maximum atomic E-state index is 13.5. The highest BCUT2D eigenvalue weighted by molar-refractivity contribution is 7.07. The van der Waals surface area contributed by atoms with Gasteiger partial charge in [0.1, 0.15) is 10.7 Å². The lowest BCUT2D eigenvalue weighted by molar-refractivity contribution is -0.111. The number of nitrogens with zero attached hydrogens (tertiary/aromatic N) is 2. The van der Waals surface area contributed by atoms with Crippen LogP contribution in [-0.4, -0.2) is 23.6 Å². The number of benzene rings is 3. The zero-order valence-corrected chi connectivity index (χ0v) is 21.5. The van der Waals surface area contributed by atoms with Crippen LogP contribution in [0.2, 0.25) is 10.0 Å². The summed E-state index contributed by atoms with van der Waals surface area (Å²) in [4.78, 5) is 38.3. The summed E-state index contributed by atoms with van der Waals surface area (Å²) >= 11 is 13.1. The van der Waals surface area contributed by atoms with E-state index in [-0.39, 0.29) is 25.5 Å². The second kappa shape index (κ2) is 11.3. The molecule has 10 heteroatoms. The molecule has 0 saturated carbocycles. The van der Waals surface area contributed by atoms with Gasteiger partial charge in [-0.1, -0.05) is 53.5 Å². The predicted octanol–water partition coefficient (Wildman–Crippen LogP) is 4.13. The van der Waals surface area contributed by atoms with Gasteiger partial charge in [-0.15, -0.1) is 11.3 Å². The van der Waals surface area contributed by atoms with Crippen molar-refractivity contribution < 1.29 is 14.3 Å². The van der Waals surface area contributed by atoms with E-state index in [0.717, 1.165) is 11.3 Å². The lowest BCUT2D eigenvalue weighted by atomic mass is 10.1. The molecule has 0 spiro atoms. The largest absolute Gasteiger partial charge is 0.465 e. The third-order valence-electron chi connectivity index (χ3n) is 5.20. The number of carbonyl (C=O) groups is 2. The molecule has 0 unspecified atom stereocenters. The summed E-state index contributed by atoms with van der Waals surface area (Å²) in [5.74, 6) is -1.21. The van der Waals surface area contributed by atoms with Crippen LogP contribution in [0.3, 0.4) is 0 Å². The molecule has 184 valence electrons. The Kier molecular flexibility index (Phi) is 7.89. The molecule has 1 aromatic heterocycles. The number of ether oxygens (including phenoxy) is 1. The number of anilines is 1. The SMILES string of the molecule is COC(=O)c1ccc(/C=c2/s/c(=C(\C#N)C(=O)Nc3ccc(Cl)cc3Cl)n(-c3ccccc3)c2=O)cc1. The number of halogens is 2. The lowest BCUT2D eigenvalue weighted by Gasteiger charge is -2.07. The second-order valence-electron chi connectivity index (χ2n) is 7.57. The van der Waals surface area contributed by atoms with Gasteiger partial charge < -0.3 is 10.1 Å². The fourth-order valence-electron chi connectivity index (χ4n) is 3.42. The fourth-order valence-corrected chi connectivity index (χ4v) is 4.98. The van der Waals surface area contributed by atoms with E-state index in [1.807, 2.05) is 6.07 Å². The van der Waals surface area contributed by atoms with Crippen LogP contribution in [0.1, 0.15) is 15.9 Å². The smallest absolute Gasteiger partial charge is 0.337 e. The number of nitrogens with one attached hydrogen (secondary N) is 1. The standard InChI is InChI=1S/C27H17Cl2N3O4S/c1-36-27(35)17-9-7-16(8-10-17)13-23-25(34)32(19-5-3-2-4-6-19)26(37-23)20(15-30)24(33)31-22-12-11-18(28)14-21(22)29/h2-14H,1H3,(H,31,33)/b23-13+,26-20+. The summed E-state index contributed by atoms with van der Waals surface area (Å²) in [5.41, 5.74) is 1.10. The second-order valence-corrected chi connectivity index (χ2v) is 9.44. The first kappa shape index (κ1) is 25.9. The Balaban J connectivity index is 1.90. The van der Waals surface area contributed by atoms with Crippen LogP contribution >= 0.6 is 34.5 Å². The van der Waals surface area contributed by atoms with Crippen LogP contribution in [0.5, 0.6) is 0 Å². The molecular formula is C27H17Cl2N3O4S. The number of nitriles is 1. The van der Waals surface area contributed by atoms with E-state index in [4.69, 9.17) is 27.9 Å². The molecule has 3 aromatic carbocycles. The van der Waals surface area contributed by atoms with Crippen LogP contribution in [0, 0.1) is 11.3 Å². The van der Waals surface area contributed by atoms with Gasteiger partial charge in [-0.25, -0.2) is 4.79 Å². The summed E-state index contributed by atoms with van der Waals surface area (Å²) in [7, 11) is 1.29. The molecule has 0 fully saturated rings. The first-order valence-electron chi connectivity index (χ1n) is 10.7. The number of para-hydroxylation sites is 1. The van der Waals surface area contributed by atoms with Crippen LogP contribution in [0.15, 0.2) is 77.6 Å². The number of carbonyl (C=O) groups excluding carboxylic acids is 2. The minimum Gasteiger partial charge on any atom is -0.465 e. The average Bonchev–Trinajstić information content (AvgIpc) is 3.21. The number of rotatable bonds is 5. The van der Waals surface area contributed by atoms with Crippen LogP contribution in [-0.2, 0) is 9.53 Å². The highest BCUT2D eigenvalue weighted by Gasteiger charge is 2.18. The minimum absolute atomic E-state index is 0.152. The molecule has 1 heterocycles. The summed E-state index contributed by atoms with van der Waals surface area (Å²) in [6.07, 6.45) is 1.62. The third kappa shape index (κ3) is 5.65. The Morgan fingerprint density at radius 1 is 1.05 bits per heavy atom. The molecule has 0 aliphatic carbocycles. The van der Waals surface area contributed by atoms with Gasteiger partial charge in [0.2, 0.25) is 0 Å². The number of methoxy groups -OCH3 is 1. The van der Waals surface area contributed by atoms with E-state index in [9.17, 15) is 19.6 Å². The van der Waals surface area contributed by atoms with E-state index in [1.54, 1.807) is 66.7 Å². The van der Waals surface area contributed by atoms with E-state index in [2.05, 4.69) is 5.32 Å². The van der Waals surface area contributed by atoms with Crippen LogP contribution in [0.25, 0.3) is 17.3 Å². The average molecular weight is 550 g/mol. The summed E-state index contributed by atoms with van der Waals surface area (Å²) in [5, 5.41) is 13.2. The molecule has 0 aliphatic rings. The highest BCUT2D eigenvalue weighted by Crippen LogP contribution is 2.25. The topological polar surface area (TPSA) is 101 Å². The normalized spacial score (nSPS) is 12.0. The highest BCUT2D eigenvalue weighted by atomic mass is 35.5. The van der Waals surface area contributed by atoms with E-state index in [1.165, 1.54) is 23.8 Å². The molecule has 0 saturated heterocycles. The molecule has 0 radical (unpaired) electrons. The molecule has 0 atom stereocenters. The Bertz CT molecular complexity index is 1720. The van der Waals surface area contributed by atoms with Crippen LogP contribution in [0.4, 0.5) is 5.69 Å². The van der Waals surface area contributed by atoms with Crippen molar-refractivity contribution in [1.29, 1.82) is 5.26 Å². The Hall–Kier alpha value is -4.16. The van der Waals surface area contributed by atoms with Gasteiger partial charge in [-0.05, 0) is 54.1 Å². The van der Waals surface area contributed by atoms with Crippen molar-refractivity contribution in [3.05, 3.63) is 114 Å². The molecule has 1 N–H and O–H groups in total. The van der Waals surface area contributed by atoms with Gasteiger partial charge in [0.15, 0.2) is 5.57 Å². The molecule has 0 aliphatic heterocycles. The molecule has 4 rings (SSSR count). The Morgan fingerprint density at radius 2 is 1.76 bits per heavy atom. The first-order chi connectivity index (χ1) is 17.8. The van der Waals surface area contributed by atoms with Crippen LogP contribution < -0.4 is 20.1 Å². The number of hydrogen-bond donors (Lipinski definition) is 1. The first-order valence-corrected chi connectivity index (χ1v) is 12.3. The Labute approximate surface area is 225 Å². The van der Waals surface area contributed by atoms with Crippen molar-refractivity contribution in [2.24, 2.45) is 0 Å². The van der Waals surface area contributed by atoms with Gasteiger partial charge in [0.25, 0.3) is 11.5 Å². The van der Waals surface area contributed by atoms with Crippen molar-refractivity contribution in [2.75, 3.05) is 12.4 Å². The zero-order chi connectivity index (χ0) is 26.5. The quantitative estimate of drug-likeness (QED) is 0.377. The number of thiazole rings is 1. The van der Waals surface area contributed by atoms with Crippen molar-refractivity contribution in [2.45, 2.75) is 0 Å². The minimum atomic E-state index is -0.730. The van der Waals surface area contributed by atoms with E-state index >= 15 is 0 Å². The van der Waals surface area contributed by atoms with Crippen molar-refractivity contribution in [1.82, 2.24) is 4.57 Å². The Morgan fingerprint density at radius 3 is 2.38 bits per heavy atom. The molecular weight excluding hydrogens is 533 g/mol. The lowest BCUT2D eigenvalue weighted by Crippen LogP contribution is -2.32. The van der Waals surface area contributed by atoms with Crippen molar-refractivity contribution >= 4 is 63.8 Å². The fraction of sp³-hybridized carbons (Fsp3) is 0.0370. The number of hydrogen-bond acceptors (Lipinski definition) is 6. The van der Waals surface area contributed by atoms with E-state index in [0.29, 0.717) is 21.8 Å². The number of esters is 1. The molecule has 1 amide bonds. The van der Waals surface area contributed by atoms with Crippen molar-refractivity contribution in [3.63, 3.8) is 0 Å². The van der Waals surface area contributed by atoms with Gasteiger partial charge in [-0.3, -0.25) is 14.2 Å². The molecule has 4 aromatic rings. The van der Waals surface area contributed by atoms with Gasteiger partial charge >= 0.3 is 5.97 Å². The maximum absolute atomic E-state index is 13.5. The molecule has 37 heavy (non-hydrogen) atoms. The molecule has 0 bridgehead atoms. The third-order valence-corrected chi connectivity index (χ3v) is 6.84. The van der Waals surface area contributed by atoms with Gasteiger partial charge in [-0.2, -0.15) is 5.26 Å². The summed E-state index contributed by atoms with van der Waals surface area (Å²) < 4.78 is 6.47. The van der Waals surface area contributed by atoms with Gasteiger partial charge in [0, 0.05) is 5.02 Å². The number of aromatic nitrogens is 1. The molecule has 7 nitrogen and oxygen atoms in total. The van der Waals surface area contributed by atoms with Crippen molar-refractivity contribution in [3.8, 4) is 11.8 Å². The monoisotopic (exact) mass is 549 g/mol. The number of amides is 1. The summed E-state index contributed by atoms with van der Waals surface area (Å²) in [6, 6.07) is 21.7. The summed E-state index contributed by atoms with van der Waals surface area (Å²) in [6.45, 7) is 0. The maximum Gasteiger partial charge on any atom is 0.337 e. The zero-order valence-electron chi connectivity index (χ0n) is 19.2. The predicted molar refractivity (Wildman–Crippen MR) is 145 cm³/mol. The van der Waals surface area contributed by atoms with E-state index < -0.39 is 17.4 Å². The van der Waals surface area contributed by atoms with Gasteiger partial charge in [0.05, 0.1) is 33.6 Å².